The van der Waals surface area contributed by atoms with Crippen molar-refractivity contribution in [1.29, 1.82) is 0 Å². The molecule has 6 heteroatoms. The van der Waals surface area contributed by atoms with E-state index in [-0.39, 0.29) is 16.8 Å². The quantitative estimate of drug-likeness (QED) is 0.917. The van der Waals surface area contributed by atoms with Crippen LogP contribution in [0.3, 0.4) is 0 Å². The molecule has 2 rings (SSSR count). The molecule has 1 heterocycles. The molecule has 0 unspecified atom stereocenters. The minimum atomic E-state index is -3.25. The summed E-state index contributed by atoms with van der Waals surface area (Å²) in [6.45, 7) is 1.88. The van der Waals surface area contributed by atoms with Gasteiger partial charge in [-0.1, -0.05) is 0 Å². The highest BCUT2D eigenvalue weighted by molar-refractivity contribution is 7.90. The minimum Gasteiger partial charge on any atom is -0.469 e. The third-order valence-corrected chi connectivity index (χ3v) is 4.14. The van der Waals surface area contributed by atoms with E-state index in [1.165, 1.54) is 24.3 Å². The number of benzene rings is 1. The zero-order valence-corrected chi connectivity index (χ0v) is 12.7. The van der Waals surface area contributed by atoms with Crippen molar-refractivity contribution in [3.63, 3.8) is 0 Å². The van der Waals surface area contributed by atoms with Crippen LogP contribution in [-0.4, -0.2) is 26.6 Å². The molecule has 112 valence electrons. The number of furan rings is 1. The Balaban J connectivity index is 2.00. The van der Waals surface area contributed by atoms with E-state index in [4.69, 9.17) is 4.42 Å². The van der Waals surface area contributed by atoms with Crippen LogP contribution in [0.5, 0.6) is 0 Å². The van der Waals surface area contributed by atoms with Crippen molar-refractivity contribution in [3.05, 3.63) is 54.0 Å². The monoisotopic (exact) mass is 307 g/mol. The smallest absolute Gasteiger partial charge is 0.251 e. The van der Waals surface area contributed by atoms with E-state index in [1.54, 1.807) is 12.3 Å². The molecule has 0 fully saturated rings. The number of carbonyl (C=O) groups is 1. The zero-order valence-electron chi connectivity index (χ0n) is 11.9. The second-order valence-corrected chi connectivity index (χ2v) is 6.97. The van der Waals surface area contributed by atoms with E-state index in [1.807, 2.05) is 13.0 Å². The van der Waals surface area contributed by atoms with Gasteiger partial charge >= 0.3 is 0 Å². The second-order valence-electron chi connectivity index (χ2n) is 4.95. The summed E-state index contributed by atoms with van der Waals surface area (Å²) >= 11 is 0. The van der Waals surface area contributed by atoms with Crippen LogP contribution in [0, 0.1) is 0 Å². The number of hydrogen-bond donors (Lipinski definition) is 1. The van der Waals surface area contributed by atoms with Crippen molar-refractivity contribution in [2.24, 2.45) is 0 Å². The highest BCUT2D eigenvalue weighted by atomic mass is 32.2. The first-order chi connectivity index (χ1) is 9.86. The van der Waals surface area contributed by atoms with Crippen molar-refractivity contribution in [2.75, 3.05) is 6.26 Å². The Morgan fingerprint density at radius 1 is 1.24 bits per heavy atom. The summed E-state index contributed by atoms with van der Waals surface area (Å²) < 4.78 is 27.9. The SMILES string of the molecule is C[C@H](Cc1ccco1)NC(=O)c1ccc(S(C)(=O)=O)cc1. The van der Waals surface area contributed by atoms with Crippen LogP contribution in [0.15, 0.2) is 52.0 Å². The van der Waals surface area contributed by atoms with Gasteiger partial charge in [0.2, 0.25) is 0 Å². The number of carbonyl (C=O) groups excluding carboxylic acids is 1. The summed E-state index contributed by atoms with van der Waals surface area (Å²) in [5, 5.41) is 2.84. The average Bonchev–Trinajstić information content (AvgIpc) is 2.90. The van der Waals surface area contributed by atoms with Gasteiger partial charge < -0.3 is 9.73 Å². The fourth-order valence-corrected chi connectivity index (χ4v) is 2.57. The van der Waals surface area contributed by atoms with E-state index in [2.05, 4.69) is 5.32 Å². The first kappa shape index (κ1) is 15.3. The molecule has 0 bridgehead atoms. The van der Waals surface area contributed by atoms with E-state index in [0.717, 1.165) is 12.0 Å². The Hall–Kier alpha value is -2.08. The molecule has 21 heavy (non-hydrogen) atoms. The minimum absolute atomic E-state index is 0.0850. The van der Waals surface area contributed by atoms with Crippen LogP contribution in [-0.2, 0) is 16.3 Å². The fourth-order valence-electron chi connectivity index (χ4n) is 1.94. The van der Waals surface area contributed by atoms with Crippen LogP contribution in [0.2, 0.25) is 0 Å². The standard InChI is InChI=1S/C15H17NO4S/c1-11(10-13-4-3-9-20-13)16-15(17)12-5-7-14(8-6-12)21(2,18)19/h3-9,11H,10H2,1-2H3,(H,16,17)/t11-/m1/s1. The highest BCUT2D eigenvalue weighted by Gasteiger charge is 2.13. The summed E-state index contributed by atoms with van der Waals surface area (Å²) in [6, 6.07) is 9.44. The van der Waals surface area contributed by atoms with Gasteiger partial charge in [-0.2, -0.15) is 0 Å². The fraction of sp³-hybridized carbons (Fsp3) is 0.267. The number of sulfone groups is 1. The predicted molar refractivity (Wildman–Crippen MR) is 78.9 cm³/mol. The van der Waals surface area contributed by atoms with E-state index >= 15 is 0 Å². The molecule has 0 radical (unpaired) electrons. The van der Waals surface area contributed by atoms with Crippen LogP contribution in [0.25, 0.3) is 0 Å². The molecule has 1 amide bonds. The van der Waals surface area contributed by atoms with Gasteiger partial charge in [0.1, 0.15) is 5.76 Å². The van der Waals surface area contributed by atoms with Crippen LogP contribution < -0.4 is 5.32 Å². The third kappa shape index (κ3) is 4.19. The van der Waals surface area contributed by atoms with Crippen LogP contribution in [0.4, 0.5) is 0 Å². The molecule has 1 N–H and O–H groups in total. The molecule has 1 atom stereocenters. The third-order valence-electron chi connectivity index (χ3n) is 3.01. The molecule has 5 nitrogen and oxygen atoms in total. The molecule has 0 saturated heterocycles. The summed E-state index contributed by atoms with van der Waals surface area (Å²) in [6.07, 6.45) is 3.32. The maximum Gasteiger partial charge on any atom is 0.251 e. The molecular formula is C15H17NO4S. The maximum absolute atomic E-state index is 12.1. The first-order valence-electron chi connectivity index (χ1n) is 6.49. The first-order valence-corrected chi connectivity index (χ1v) is 8.39. The molecule has 0 aliphatic heterocycles. The molecular weight excluding hydrogens is 290 g/mol. The lowest BCUT2D eigenvalue weighted by atomic mass is 10.1. The van der Waals surface area contributed by atoms with Gasteiger partial charge in [0.05, 0.1) is 11.2 Å². The predicted octanol–water partition coefficient (Wildman–Crippen LogP) is 2.04. The van der Waals surface area contributed by atoms with Gasteiger partial charge in [0, 0.05) is 24.3 Å². The summed E-state index contributed by atoms with van der Waals surface area (Å²) in [4.78, 5) is 12.3. The van der Waals surface area contributed by atoms with Crippen molar-refractivity contribution in [3.8, 4) is 0 Å². The number of nitrogens with one attached hydrogen (secondary N) is 1. The van der Waals surface area contributed by atoms with Gasteiger partial charge in [-0.3, -0.25) is 4.79 Å². The van der Waals surface area contributed by atoms with E-state index in [0.29, 0.717) is 12.0 Å². The molecule has 2 aromatic rings. The van der Waals surface area contributed by atoms with Gasteiger partial charge in [-0.25, -0.2) is 8.42 Å². The normalized spacial score (nSPS) is 12.9. The van der Waals surface area contributed by atoms with E-state index < -0.39 is 9.84 Å². The Bertz CT molecular complexity index is 703. The Kier molecular flexibility index (Phi) is 4.47. The lowest BCUT2D eigenvalue weighted by Gasteiger charge is -2.12. The Labute approximate surface area is 123 Å². The zero-order chi connectivity index (χ0) is 15.5. The number of hydrogen-bond acceptors (Lipinski definition) is 4. The molecule has 0 spiro atoms. The van der Waals surface area contributed by atoms with Crippen molar-refractivity contribution < 1.29 is 17.6 Å². The second kappa shape index (κ2) is 6.13. The van der Waals surface area contributed by atoms with Gasteiger partial charge in [0.15, 0.2) is 9.84 Å². The summed E-state index contributed by atoms with van der Waals surface area (Å²) in [7, 11) is -3.25. The van der Waals surface area contributed by atoms with Crippen molar-refractivity contribution in [2.45, 2.75) is 24.3 Å². The Morgan fingerprint density at radius 3 is 2.43 bits per heavy atom. The molecule has 0 aliphatic carbocycles. The van der Waals surface area contributed by atoms with Crippen LogP contribution >= 0.6 is 0 Å². The van der Waals surface area contributed by atoms with Gasteiger partial charge in [-0.05, 0) is 43.3 Å². The van der Waals surface area contributed by atoms with Gasteiger partial charge in [0.25, 0.3) is 5.91 Å². The highest BCUT2D eigenvalue weighted by Crippen LogP contribution is 2.11. The Morgan fingerprint density at radius 2 is 1.90 bits per heavy atom. The topological polar surface area (TPSA) is 76.4 Å². The average molecular weight is 307 g/mol. The number of amides is 1. The van der Waals surface area contributed by atoms with Crippen molar-refractivity contribution >= 4 is 15.7 Å². The largest absolute Gasteiger partial charge is 0.469 e. The molecule has 0 aliphatic rings. The van der Waals surface area contributed by atoms with E-state index in [9.17, 15) is 13.2 Å². The summed E-state index contributed by atoms with van der Waals surface area (Å²) in [5.74, 6) is 0.560. The molecule has 0 saturated carbocycles. The van der Waals surface area contributed by atoms with Crippen LogP contribution in [0.1, 0.15) is 23.0 Å². The van der Waals surface area contributed by atoms with Gasteiger partial charge in [-0.15, -0.1) is 0 Å². The lowest BCUT2D eigenvalue weighted by molar-refractivity contribution is 0.0939. The van der Waals surface area contributed by atoms with Crippen molar-refractivity contribution in [1.82, 2.24) is 5.32 Å². The molecule has 1 aromatic carbocycles. The summed E-state index contributed by atoms with van der Waals surface area (Å²) in [5.41, 5.74) is 0.425. The molecule has 1 aromatic heterocycles. The number of rotatable bonds is 5. The lowest BCUT2D eigenvalue weighted by Crippen LogP contribution is -2.33. The maximum atomic E-state index is 12.1.